The summed E-state index contributed by atoms with van der Waals surface area (Å²) in [6, 6.07) is 0. The molecule has 0 aromatic rings. The summed E-state index contributed by atoms with van der Waals surface area (Å²) in [5, 5.41) is 10.6. The van der Waals surface area contributed by atoms with E-state index in [9.17, 15) is 43.2 Å². The summed E-state index contributed by atoms with van der Waals surface area (Å²) in [4.78, 5) is 73.1. The molecule has 0 saturated carbocycles. The molecular formula is C81H158O17P2. The maximum absolute atomic E-state index is 13.1. The molecule has 0 aromatic heterocycles. The van der Waals surface area contributed by atoms with Gasteiger partial charge in [-0.15, -0.1) is 0 Å². The minimum Gasteiger partial charge on any atom is -0.462 e. The first-order chi connectivity index (χ1) is 48.4. The molecule has 0 heterocycles. The number of carbonyl (C=O) groups is 4. The second-order valence-corrected chi connectivity index (χ2v) is 33.0. The predicted octanol–water partition coefficient (Wildman–Crippen LogP) is 24.3. The molecule has 0 aliphatic rings. The van der Waals surface area contributed by atoms with Gasteiger partial charge in [-0.1, -0.05) is 375 Å². The van der Waals surface area contributed by atoms with Crippen molar-refractivity contribution < 1.29 is 80.2 Å². The SMILES string of the molecule is CCCCCCCCCCCCCCCCCCCCC(=O)O[C@H](COC(=O)CCCCCCCCCCCCCCC(C)C)COP(=O)(O)OC[C@@H](O)COP(=O)(O)OC[C@@H](COC(=O)CCCCCCCCCCCCC(C)C)OC(=O)CCCCCCCCCCCCCCCC. The molecule has 17 nitrogen and oxygen atoms in total. The number of unbranched alkanes of at least 4 members (excludes halogenated alkanes) is 50. The number of phosphoric acid groups is 2. The normalized spacial score (nSPS) is 13.9. The molecule has 0 aromatic carbocycles. The Hall–Kier alpha value is -1.94. The Morgan fingerprint density at radius 1 is 0.270 bits per heavy atom. The number of aliphatic hydroxyl groups is 1. The van der Waals surface area contributed by atoms with E-state index in [1.807, 2.05) is 0 Å². The third-order valence-corrected chi connectivity index (χ3v) is 20.9. The van der Waals surface area contributed by atoms with Crippen molar-refractivity contribution in [1.29, 1.82) is 0 Å². The molecule has 0 amide bonds. The Morgan fingerprint density at radius 2 is 0.460 bits per heavy atom. The van der Waals surface area contributed by atoms with Gasteiger partial charge in [0.2, 0.25) is 0 Å². The molecule has 0 aliphatic heterocycles. The fourth-order valence-electron chi connectivity index (χ4n) is 12.5. The number of hydrogen-bond donors (Lipinski definition) is 3. The quantitative estimate of drug-likeness (QED) is 0.0222. The minimum atomic E-state index is -4.96. The highest BCUT2D eigenvalue weighted by Gasteiger charge is 2.30. The molecule has 3 N–H and O–H groups in total. The predicted molar refractivity (Wildman–Crippen MR) is 409 cm³/mol. The van der Waals surface area contributed by atoms with Gasteiger partial charge in [0.1, 0.15) is 19.3 Å². The molecule has 594 valence electrons. The summed E-state index contributed by atoms with van der Waals surface area (Å²) in [5.41, 5.74) is 0. The highest BCUT2D eigenvalue weighted by molar-refractivity contribution is 7.47. The molecule has 19 heteroatoms. The van der Waals surface area contributed by atoms with Gasteiger partial charge in [0.15, 0.2) is 12.2 Å². The van der Waals surface area contributed by atoms with E-state index in [4.69, 9.17) is 37.0 Å². The van der Waals surface area contributed by atoms with E-state index in [1.54, 1.807) is 0 Å². The van der Waals surface area contributed by atoms with Crippen LogP contribution in [0.25, 0.3) is 0 Å². The van der Waals surface area contributed by atoms with Crippen molar-refractivity contribution in [2.45, 2.75) is 445 Å². The van der Waals surface area contributed by atoms with Crippen molar-refractivity contribution in [2.75, 3.05) is 39.6 Å². The van der Waals surface area contributed by atoms with Crippen molar-refractivity contribution >= 4 is 39.5 Å². The van der Waals surface area contributed by atoms with Crippen molar-refractivity contribution in [3.05, 3.63) is 0 Å². The summed E-state index contributed by atoms with van der Waals surface area (Å²) in [5.74, 6) is -0.565. The molecule has 0 rings (SSSR count). The Bertz CT molecular complexity index is 1920. The number of ether oxygens (including phenoxy) is 4. The van der Waals surface area contributed by atoms with Crippen LogP contribution in [0.3, 0.4) is 0 Å². The van der Waals surface area contributed by atoms with Crippen LogP contribution >= 0.6 is 15.6 Å². The van der Waals surface area contributed by atoms with E-state index in [0.717, 1.165) is 102 Å². The van der Waals surface area contributed by atoms with Crippen LogP contribution in [0, 0.1) is 11.8 Å². The minimum absolute atomic E-state index is 0.108. The first kappa shape index (κ1) is 98.1. The van der Waals surface area contributed by atoms with Crippen molar-refractivity contribution in [3.63, 3.8) is 0 Å². The fourth-order valence-corrected chi connectivity index (χ4v) is 14.1. The van der Waals surface area contributed by atoms with E-state index in [-0.39, 0.29) is 25.7 Å². The highest BCUT2D eigenvalue weighted by atomic mass is 31.2. The number of esters is 4. The van der Waals surface area contributed by atoms with Crippen LogP contribution in [0.1, 0.15) is 427 Å². The van der Waals surface area contributed by atoms with Gasteiger partial charge in [-0.3, -0.25) is 37.3 Å². The van der Waals surface area contributed by atoms with Gasteiger partial charge in [0, 0.05) is 25.7 Å². The average Bonchev–Trinajstić information content (AvgIpc) is 0.945. The maximum Gasteiger partial charge on any atom is 0.472 e. The summed E-state index contributed by atoms with van der Waals surface area (Å²) in [6.07, 6.45) is 62.3. The molecule has 0 spiro atoms. The Labute approximate surface area is 613 Å². The van der Waals surface area contributed by atoms with Crippen LogP contribution in [0.15, 0.2) is 0 Å². The van der Waals surface area contributed by atoms with Gasteiger partial charge in [-0.25, -0.2) is 9.13 Å². The smallest absolute Gasteiger partial charge is 0.462 e. The van der Waals surface area contributed by atoms with E-state index < -0.39 is 97.5 Å². The molecule has 100 heavy (non-hydrogen) atoms. The lowest BCUT2D eigenvalue weighted by Crippen LogP contribution is -2.30. The van der Waals surface area contributed by atoms with E-state index in [1.165, 1.54) is 244 Å². The van der Waals surface area contributed by atoms with Gasteiger partial charge in [-0.05, 0) is 37.5 Å². The van der Waals surface area contributed by atoms with Crippen LogP contribution in [0.5, 0.6) is 0 Å². The largest absolute Gasteiger partial charge is 0.472 e. The van der Waals surface area contributed by atoms with E-state index in [2.05, 4.69) is 41.5 Å². The number of carbonyl (C=O) groups excluding carboxylic acids is 4. The third-order valence-electron chi connectivity index (χ3n) is 19.0. The zero-order valence-electron chi connectivity index (χ0n) is 65.5. The third kappa shape index (κ3) is 74.3. The van der Waals surface area contributed by atoms with Gasteiger partial charge in [0.05, 0.1) is 26.4 Å². The zero-order chi connectivity index (χ0) is 73.5. The molecule has 0 bridgehead atoms. The van der Waals surface area contributed by atoms with Gasteiger partial charge < -0.3 is 33.8 Å². The van der Waals surface area contributed by atoms with E-state index >= 15 is 0 Å². The Kier molecular flexibility index (Phi) is 71.2. The first-order valence-electron chi connectivity index (χ1n) is 42.0. The molecule has 0 saturated heterocycles. The monoisotopic (exact) mass is 1470 g/mol. The summed E-state index contributed by atoms with van der Waals surface area (Å²) in [6.45, 7) is 9.65. The topological polar surface area (TPSA) is 237 Å². The summed E-state index contributed by atoms with van der Waals surface area (Å²) < 4.78 is 68.8. The van der Waals surface area contributed by atoms with Gasteiger partial charge >= 0.3 is 39.5 Å². The maximum atomic E-state index is 13.1. The molecule has 2 unspecified atom stereocenters. The number of phosphoric ester groups is 2. The highest BCUT2D eigenvalue weighted by Crippen LogP contribution is 2.45. The van der Waals surface area contributed by atoms with Crippen LogP contribution in [-0.2, 0) is 65.4 Å². The molecule has 0 aliphatic carbocycles. The lowest BCUT2D eigenvalue weighted by atomic mass is 10.0. The number of hydrogen-bond acceptors (Lipinski definition) is 15. The fraction of sp³-hybridized carbons (Fsp3) is 0.951. The lowest BCUT2D eigenvalue weighted by Gasteiger charge is -2.21. The summed E-state index contributed by atoms with van der Waals surface area (Å²) in [7, 11) is -9.92. The Balaban J connectivity index is 5.27. The molecule has 0 fully saturated rings. The lowest BCUT2D eigenvalue weighted by molar-refractivity contribution is -0.161. The second kappa shape index (κ2) is 72.6. The zero-order valence-corrected chi connectivity index (χ0v) is 67.3. The Morgan fingerprint density at radius 3 is 0.680 bits per heavy atom. The van der Waals surface area contributed by atoms with E-state index in [0.29, 0.717) is 25.7 Å². The molecule has 5 atom stereocenters. The molecule has 0 radical (unpaired) electrons. The van der Waals surface area contributed by atoms with Crippen LogP contribution in [-0.4, -0.2) is 96.7 Å². The van der Waals surface area contributed by atoms with Crippen LogP contribution < -0.4 is 0 Å². The van der Waals surface area contributed by atoms with Crippen LogP contribution in [0.4, 0.5) is 0 Å². The number of aliphatic hydroxyl groups excluding tert-OH is 1. The standard InChI is InChI=1S/C81H158O17P2/c1-7-9-11-13-15-17-19-21-23-24-25-26-28-34-42-48-54-60-66-81(86)97-76(69-91-78(83)63-57-51-45-39-32-30-29-31-37-43-49-55-61-73(3)4)71-95-99(87,88)93-67-75(82)68-94-100(89,90)96-72-77(70-92-79(84)64-58-52-46-40-36-35-38-44-50-56-62-74(5)6)98-80(85)65-59-53-47-41-33-27-22-20-18-16-14-12-10-8-2/h73-77,82H,7-72H2,1-6H3,(H,87,88)(H,89,90)/t75-,76-,77-/m1/s1. The van der Waals surface area contributed by atoms with Crippen molar-refractivity contribution in [1.82, 2.24) is 0 Å². The number of rotatable bonds is 80. The van der Waals surface area contributed by atoms with Gasteiger partial charge in [0.25, 0.3) is 0 Å². The van der Waals surface area contributed by atoms with Crippen molar-refractivity contribution in [2.24, 2.45) is 11.8 Å². The van der Waals surface area contributed by atoms with Gasteiger partial charge in [-0.2, -0.15) is 0 Å². The summed E-state index contributed by atoms with van der Waals surface area (Å²) >= 11 is 0. The average molecular weight is 1470 g/mol. The van der Waals surface area contributed by atoms with Crippen LogP contribution in [0.2, 0.25) is 0 Å². The first-order valence-corrected chi connectivity index (χ1v) is 45.0. The van der Waals surface area contributed by atoms with Crippen molar-refractivity contribution in [3.8, 4) is 0 Å². The second-order valence-electron chi connectivity index (χ2n) is 30.1. The molecular weight excluding hydrogens is 1310 g/mol.